The second kappa shape index (κ2) is 12.1. The molecule has 9 heteroatoms. The molecule has 1 aromatic carbocycles. The zero-order valence-electron chi connectivity index (χ0n) is 15.7. The average Bonchev–Trinajstić information content (AvgIpc) is 2.56. The van der Waals surface area contributed by atoms with E-state index in [2.05, 4.69) is 20.9 Å². The van der Waals surface area contributed by atoms with E-state index in [1.807, 2.05) is 32.0 Å². The van der Waals surface area contributed by atoms with Crippen molar-refractivity contribution in [3.63, 3.8) is 0 Å². The third kappa shape index (κ3) is 9.95. The smallest absolute Gasteiger partial charge is 0.251 e. The van der Waals surface area contributed by atoms with Gasteiger partial charge in [0.2, 0.25) is 0 Å². The van der Waals surface area contributed by atoms with Crippen molar-refractivity contribution in [2.24, 2.45) is 4.99 Å². The van der Waals surface area contributed by atoms with Gasteiger partial charge in [-0.25, -0.2) is 8.42 Å². The summed E-state index contributed by atoms with van der Waals surface area (Å²) in [7, 11) is -1.32. The number of hydrogen-bond acceptors (Lipinski definition) is 4. The standard InChI is InChI=1S/C17H28N4O3S.HI/c1-5-19-16(22)15-8-6-7-14(11-15)12-20-17(18-3)21-13(2)9-10-25(4,23)24;/h6-8,11,13H,5,9-10,12H2,1-4H3,(H,19,22)(H2,18,20,21);1H. The van der Waals surface area contributed by atoms with Crippen molar-refractivity contribution in [3.05, 3.63) is 35.4 Å². The third-order valence-electron chi connectivity index (χ3n) is 3.51. The zero-order chi connectivity index (χ0) is 18.9. The molecule has 0 aliphatic heterocycles. The van der Waals surface area contributed by atoms with Gasteiger partial charge in [-0.05, 0) is 38.0 Å². The molecule has 0 aliphatic rings. The normalized spacial score (nSPS) is 12.7. The number of benzene rings is 1. The highest BCUT2D eigenvalue weighted by molar-refractivity contribution is 14.0. The molecule has 0 bridgehead atoms. The van der Waals surface area contributed by atoms with Crippen LogP contribution in [0.4, 0.5) is 0 Å². The Morgan fingerprint density at radius 3 is 2.54 bits per heavy atom. The minimum absolute atomic E-state index is 0. The van der Waals surface area contributed by atoms with Crippen molar-refractivity contribution in [1.82, 2.24) is 16.0 Å². The van der Waals surface area contributed by atoms with Gasteiger partial charge in [0.15, 0.2) is 5.96 Å². The number of guanidine groups is 1. The number of carbonyl (C=O) groups is 1. The van der Waals surface area contributed by atoms with Crippen molar-refractivity contribution in [2.75, 3.05) is 25.6 Å². The number of rotatable bonds is 8. The molecule has 1 aromatic rings. The third-order valence-corrected chi connectivity index (χ3v) is 4.49. The van der Waals surface area contributed by atoms with E-state index in [0.29, 0.717) is 31.0 Å². The van der Waals surface area contributed by atoms with Crippen molar-refractivity contribution in [1.29, 1.82) is 0 Å². The maximum Gasteiger partial charge on any atom is 0.251 e. The maximum atomic E-state index is 11.9. The fraction of sp³-hybridized carbons (Fsp3) is 0.529. The van der Waals surface area contributed by atoms with E-state index in [-0.39, 0.29) is 41.7 Å². The fourth-order valence-corrected chi connectivity index (χ4v) is 2.94. The summed E-state index contributed by atoms with van der Waals surface area (Å²) in [6.07, 6.45) is 1.74. The quantitative estimate of drug-likeness (QED) is 0.288. The fourth-order valence-electron chi connectivity index (χ4n) is 2.16. The van der Waals surface area contributed by atoms with Crippen LogP contribution in [0.25, 0.3) is 0 Å². The van der Waals surface area contributed by atoms with Gasteiger partial charge >= 0.3 is 0 Å². The summed E-state index contributed by atoms with van der Waals surface area (Å²) in [5, 5.41) is 9.10. The van der Waals surface area contributed by atoms with Crippen LogP contribution in [-0.4, -0.2) is 51.9 Å². The van der Waals surface area contributed by atoms with E-state index in [1.54, 1.807) is 13.1 Å². The highest BCUT2D eigenvalue weighted by Gasteiger charge is 2.10. The first kappa shape index (κ1) is 24.6. The summed E-state index contributed by atoms with van der Waals surface area (Å²) >= 11 is 0. The molecular weight excluding hydrogens is 467 g/mol. The topological polar surface area (TPSA) is 99.7 Å². The van der Waals surface area contributed by atoms with E-state index in [4.69, 9.17) is 0 Å². The van der Waals surface area contributed by atoms with E-state index < -0.39 is 9.84 Å². The van der Waals surface area contributed by atoms with Crippen molar-refractivity contribution >= 4 is 45.7 Å². The van der Waals surface area contributed by atoms with Gasteiger partial charge in [-0.2, -0.15) is 0 Å². The van der Waals surface area contributed by atoms with Crippen molar-refractivity contribution in [2.45, 2.75) is 32.9 Å². The largest absolute Gasteiger partial charge is 0.354 e. The Morgan fingerprint density at radius 2 is 1.96 bits per heavy atom. The summed E-state index contributed by atoms with van der Waals surface area (Å²) in [6.45, 7) is 4.88. The first-order valence-corrected chi connectivity index (χ1v) is 10.3. The molecule has 1 amide bonds. The van der Waals surface area contributed by atoms with Crippen LogP contribution in [0.15, 0.2) is 29.3 Å². The summed E-state index contributed by atoms with van der Waals surface area (Å²) < 4.78 is 22.5. The van der Waals surface area contributed by atoms with E-state index in [9.17, 15) is 13.2 Å². The van der Waals surface area contributed by atoms with Crippen molar-refractivity contribution < 1.29 is 13.2 Å². The molecule has 0 fully saturated rings. The van der Waals surface area contributed by atoms with Gasteiger partial charge in [0.25, 0.3) is 5.91 Å². The average molecular weight is 496 g/mol. The van der Waals surface area contributed by atoms with Gasteiger partial charge < -0.3 is 16.0 Å². The molecule has 0 aromatic heterocycles. The number of amides is 1. The first-order valence-electron chi connectivity index (χ1n) is 8.27. The maximum absolute atomic E-state index is 11.9. The number of sulfone groups is 1. The van der Waals surface area contributed by atoms with Gasteiger partial charge in [0.05, 0.1) is 5.75 Å². The summed E-state index contributed by atoms with van der Waals surface area (Å²) in [6, 6.07) is 7.35. The minimum Gasteiger partial charge on any atom is -0.354 e. The molecule has 0 radical (unpaired) electrons. The first-order chi connectivity index (χ1) is 11.7. The highest BCUT2D eigenvalue weighted by Crippen LogP contribution is 2.05. The van der Waals surface area contributed by atoms with Crippen LogP contribution in [0.1, 0.15) is 36.2 Å². The number of hydrogen-bond donors (Lipinski definition) is 3. The Balaban J connectivity index is 0.00000625. The molecule has 1 atom stereocenters. The second-order valence-electron chi connectivity index (χ2n) is 5.95. The Hall–Kier alpha value is -1.36. The number of halogens is 1. The summed E-state index contributed by atoms with van der Waals surface area (Å²) in [4.78, 5) is 16.0. The van der Waals surface area contributed by atoms with Gasteiger partial charge in [-0.3, -0.25) is 9.79 Å². The van der Waals surface area contributed by atoms with Crippen LogP contribution >= 0.6 is 24.0 Å². The molecule has 0 spiro atoms. The monoisotopic (exact) mass is 496 g/mol. The van der Waals surface area contributed by atoms with Crippen LogP contribution < -0.4 is 16.0 Å². The number of carbonyl (C=O) groups excluding carboxylic acids is 1. The molecule has 1 rings (SSSR count). The van der Waals surface area contributed by atoms with Gasteiger partial charge in [-0.15, -0.1) is 24.0 Å². The van der Waals surface area contributed by atoms with Crippen LogP contribution in [0, 0.1) is 0 Å². The Bertz CT molecular complexity index is 708. The minimum atomic E-state index is -2.97. The van der Waals surface area contributed by atoms with Crippen LogP contribution in [0.5, 0.6) is 0 Å². The lowest BCUT2D eigenvalue weighted by Crippen LogP contribution is -2.42. The molecule has 1 unspecified atom stereocenters. The van der Waals surface area contributed by atoms with Crippen LogP contribution in [-0.2, 0) is 16.4 Å². The molecule has 3 N–H and O–H groups in total. The van der Waals surface area contributed by atoms with Gasteiger partial charge in [0.1, 0.15) is 9.84 Å². The Morgan fingerprint density at radius 1 is 1.27 bits per heavy atom. The molecule has 0 saturated heterocycles. The summed E-state index contributed by atoms with van der Waals surface area (Å²) in [5.41, 5.74) is 1.57. The number of aliphatic imine (C=N–C) groups is 1. The molecular formula is C17H29IN4O3S. The lowest BCUT2D eigenvalue weighted by atomic mass is 10.1. The molecule has 7 nitrogen and oxygen atoms in total. The van der Waals surface area contributed by atoms with Gasteiger partial charge in [-0.1, -0.05) is 12.1 Å². The summed E-state index contributed by atoms with van der Waals surface area (Å²) in [5.74, 6) is 0.623. The zero-order valence-corrected chi connectivity index (χ0v) is 18.9. The van der Waals surface area contributed by atoms with E-state index in [0.717, 1.165) is 5.56 Å². The van der Waals surface area contributed by atoms with E-state index >= 15 is 0 Å². The van der Waals surface area contributed by atoms with Gasteiger partial charge in [0, 0.05) is 38.0 Å². The van der Waals surface area contributed by atoms with Crippen LogP contribution in [0.2, 0.25) is 0 Å². The predicted molar refractivity (Wildman–Crippen MR) is 117 cm³/mol. The molecule has 26 heavy (non-hydrogen) atoms. The SMILES string of the molecule is CCNC(=O)c1cccc(CNC(=NC)NC(C)CCS(C)(=O)=O)c1.I. The number of nitrogens with zero attached hydrogens (tertiary/aromatic N) is 1. The van der Waals surface area contributed by atoms with Crippen molar-refractivity contribution in [3.8, 4) is 0 Å². The second-order valence-corrected chi connectivity index (χ2v) is 8.21. The highest BCUT2D eigenvalue weighted by atomic mass is 127. The predicted octanol–water partition coefficient (Wildman–Crippen LogP) is 1.54. The molecule has 0 aliphatic carbocycles. The molecule has 0 heterocycles. The Labute approximate surface area is 173 Å². The van der Waals surface area contributed by atoms with E-state index in [1.165, 1.54) is 6.26 Å². The lowest BCUT2D eigenvalue weighted by molar-refractivity contribution is 0.0955. The Kier molecular flexibility index (Phi) is 11.5. The molecule has 0 saturated carbocycles. The lowest BCUT2D eigenvalue weighted by Gasteiger charge is -2.17. The van der Waals surface area contributed by atoms with Crippen LogP contribution in [0.3, 0.4) is 0 Å². The molecule has 148 valence electrons. The number of nitrogens with one attached hydrogen (secondary N) is 3.